The molecule has 3 heterocycles. The maximum Gasteiger partial charge on any atom is 0.316 e. The average molecular weight is 482 g/mol. The Morgan fingerprint density at radius 1 is 1.23 bits per heavy atom. The van der Waals surface area contributed by atoms with Gasteiger partial charge in [0, 0.05) is 28.2 Å². The van der Waals surface area contributed by atoms with Crippen molar-refractivity contribution in [3.63, 3.8) is 0 Å². The molecule has 0 aromatic carbocycles. The van der Waals surface area contributed by atoms with Crippen LogP contribution in [-0.4, -0.2) is 43.1 Å². The minimum atomic E-state index is -1.02. The van der Waals surface area contributed by atoms with Crippen LogP contribution in [0.3, 0.4) is 0 Å². The zero-order valence-corrected chi connectivity index (χ0v) is 20.6. The second-order valence-electron chi connectivity index (χ2n) is 11.4. The second kappa shape index (κ2) is 6.87. The second-order valence-corrected chi connectivity index (χ2v) is 11.4. The van der Waals surface area contributed by atoms with Gasteiger partial charge in [0.1, 0.15) is 12.2 Å². The number of furan rings is 1. The molecule has 2 saturated heterocycles. The molecule has 8 nitrogen and oxygen atoms in total. The first-order valence-electron chi connectivity index (χ1n) is 12.2. The van der Waals surface area contributed by atoms with E-state index in [1.165, 1.54) is 13.2 Å². The van der Waals surface area contributed by atoms with Gasteiger partial charge in [-0.2, -0.15) is 0 Å². The molecule has 2 aliphatic heterocycles. The van der Waals surface area contributed by atoms with Crippen LogP contribution in [0.15, 0.2) is 40.0 Å². The van der Waals surface area contributed by atoms with Gasteiger partial charge < -0.3 is 24.4 Å². The lowest BCUT2D eigenvalue weighted by Crippen LogP contribution is -2.66. The molecule has 5 aliphatic rings. The molecule has 3 aliphatic carbocycles. The summed E-state index contributed by atoms with van der Waals surface area (Å²) in [4.78, 5) is 39.7. The Morgan fingerprint density at radius 3 is 2.63 bits per heavy atom. The summed E-state index contributed by atoms with van der Waals surface area (Å²) in [5.74, 6) is -1.32. The van der Waals surface area contributed by atoms with Crippen molar-refractivity contribution in [1.29, 1.82) is 0 Å². The number of hydrogen-bond acceptors (Lipinski definition) is 8. The van der Waals surface area contributed by atoms with Gasteiger partial charge in [0.25, 0.3) is 0 Å². The molecule has 9 atom stereocenters. The van der Waals surface area contributed by atoms with Crippen LogP contribution in [-0.2, 0) is 28.6 Å². The highest BCUT2D eigenvalue weighted by Gasteiger charge is 2.77. The van der Waals surface area contributed by atoms with Gasteiger partial charge >= 0.3 is 11.9 Å². The Balaban J connectivity index is 1.57. The third kappa shape index (κ3) is 2.48. The summed E-state index contributed by atoms with van der Waals surface area (Å²) < 4.78 is 23.2. The zero-order valence-electron chi connectivity index (χ0n) is 20.6. The van der Waals surface area contributed by atoms with Crippen molar-refractivity contribution >= 4 is 23.6 Å². The standard InChI is InChI=1S/C27H31NO7/c1-12-14(13-7-9-33-23(13)28)10-15-19(12)27(4)16(11-18(30)32-5)26(3)17(29)6-8-25(2)21(26)20(22(27)34-15)35-24(25)31/h6-9,14-16,20-22H,10-11,28H2,1-5H3/t14-,15-,16-,20-,21+,22-,25-,26+,27-/m1/s1. The minimum Gasteiger partial charge on any atom is -0.469 e. The number of fused-ring (bicyclic) bond motifs is 4. The first-order chi connectivity index (χ1) is 16.5. The maximum absolute atomic E-state index is 13.7. The molecule has 3 fully saturated rings. The van der Waals surface area contributed by atoms with E-state index in [0.29, 0.717) is 12.3 Å². The van der Waals surface area contributed by atoms with Crippen molar-refractivity contribution in [2.75, 3.05) is 12.8 Å². The van der Waals surface area contributed by atoms with E-state index in [1.807, 2.05) is 19.9 Å². The molecule has 0 spiro atoms. The number of carbonyl (C=O) groups is 3. The topological polar surface area (TPSA) is 118 Å². The minimum absolute atomic E-state index is 0.00850. The third-order valence-electron chi connectivity index (χ3n) is 10.1. The summed E-state index contributed by atoms with van der Waals surface area (Å²) in [5, 5.41) is 0. The normalized spacial score (nSPS) is 45.3. The number of esters is 2. The van der Waals surface area contributed by atoms with Gasteiger partial charge in [0.05, 0.1) is 31.3 Å². The third-order valence-corrected chi connectivity index (χ3v) is 10.1. The summed E-state index contributed by atoms with van der Waals surface area (Å²) in [5.41, 5.74) is 6.51. The zero-order chi connectivity index (χ0) is 25.1. The van der Waals surface area contributed by atoms with Crippen LogP contribution < -0.4 is 5.73 Å². The Morgan fingerprint density at radius 2 is 1.97 bits per heavy atom. The number of anilines is 1. The van der Waals surface area contributed by atoms with Crippen molar-refractivity contribution in [3.05, 3.63) is 41.2 Å². The predicted molar refractivity (Wildman–Crippen MR) is 124 cm³/mol. The number of hydrogen-bond donors (Lipinski definition) is 1. The first kappa shape index (κ1) is 22.6. The molecule has 6 rings (SSSR count). The fraction of sp³-hybridized carbons (Fsp3) is 0.593. The molecular weight excluding hydrogens is 450 g/mol. The maximum atomic E-state index is 13.7. The van der Waals surface area contributed by atoms with Gasteiger partial charge in [-0.3, -0.25) is 14.4 Å². The van der Waals surface area contributed by atoms with Gasteiger partial charge in [-0.25, -0.2) is 0 Å². The van der Waals surface area contributed by atoms with E-state index in [4.69, 9.17) is 24.4 Å². The summed E-state index contributed by atoms with van der Waals surface area (Å²) >= 11 is 0. The number of ketones is 1. The summed E-state index contributed by atoms with van der Waals surface area (Å²) in [6.45, 7) is 7.87. The monoisotopic (exact) mass is 481 g/mol. The van der Waals surface area contributed by atoms with Crippen LogP contribution in [0, 0.1) is 28.1 Å². The van der Waals surface area contributed by atoms with Crippen LogP contribution in [0.25, 0.3) is 0 Å². The van der Waals surface area contributed by atoms with Gasteiger partial charge in [0.15, 0.2) is 11.7 Å². The van der Waals surface area contributed by atoms with Crippen LogP contribution in [0.1, 0.15) is 52.0 Å². The molecule has 8 heteroatoms. The summed E-state index contributed by atoms with van der Waals surface area (Å²) in [6, 6.07) is 1.88. The largest absolute Gasteiger partial charge is 0.469 e. The summed E-state index contributed by atoms with van der Waals surface area (Å²) in [7, 11) is 1.36. The van der Waals surface area contributed by atoms with E-state index in [2.05, 4.69) is 13.8 Å². The van der Waals surface area contributed by atoms with E-state index < -0.39 is 40.3 Å². The number of nitrogen functional groups attached to an aromatic ring is 1. The van der Waals surface area contributed by atoms with Gasteiger partial charge in [-0.1, -0.05) is 25.5 Å². The van der Waals surface area contributed by atoms with Crippen LogP contribution in [0.2, 0.25) is 0 Å². The van der Waals surface area contributed by atoms with Crippen molar-refractivity contribution in [3.8, 4) is 0 Å². The summed E-state index contributed by atoms with van der Waals surface area (Å²) in [6.07, 6.45) is 4.19. The molecule has 0 unspecified atom stereocenters. The fourth-order valence-corrected chi connectivity index (χ4v) is 8.53. The molecule has 1 saturated carbocycles. The molecule has 0 amide bonds. The lowest BCUT2D eigenvalue weighted by molar-refractivity contribution is -0.190. The Bertz CT molecular complexity index is 1230. The highest BCUT2D eigenvalue weighted by Crippen LogP contribution is 2.72. The lowest BCUT2D eigenvalue weighted by atomic mass is 9.42. The van der Waals surface area contributed by atoms with Crippen LogP contribution >= 0.6 is 0 Å². The predicted octanol–water partition coefficient (Wildman–Crippen LogP) is 3.33. The lowest BCUT2D eigenvalue weighted by Gasteiger charge is -2.59. The Hall–Kier alpha value is -2.87. The Kier molecular flexibility index (Phi) is 4.43. The van der Waals surface area contributed by atoms with E-state index >= 15 is 0 Å². The van der Waals surface area contributed by atoms with Crippen molar-refractivity contribution < 1.29 is 33.0 Å². The van der Waals surface area contributed by atoms with E-state index in [0.717, 1.165) is 16.7 Å². The molecule has 35 heavy (non-hydrogen) atoms. The number of rotatable bonds is 3. The number of nitrogens with two attached hydrogens (primary N) is 1. The van der Waals surface area contributed by atoms with Gasteiger partial charge in [0.2, 0.25) is 0 Å². The molecule has 1 aromatic heterocycles. The molecule has 2 N–H and O–H groups in total. The molecule has 186 valence electrons. The van der Waals surface area contributed by atoms with E-state index in [-0.39, 0.29) is 36.2 Å². The number of methoxy groups -OCH3 is 1. The van der Waals surface area contributed by atoms with Gasteiger partial charge in [-0.05, 0) is 43.9 Å². The first-order valence-corrected chi connectivity index (χ1v) is 12.2. The van der Waals surface area contributed by atoms with Gasteiger partial charge in [-0.15, -0.1) is 0 Å². The number of ether oxygens (including phenoxy) is 3. The smallest absolute Gasteiger partial charge is 0.316 e. The SMILES string of the molecule is COC(=O)C[C@H]1[C@]2(C)C3=C(C)[C@H](c4ccoc4N)C[C@H]3O[C@@H]2[C@@H]2OC(=O)[C@]3(C)C=CC(=O)[C@@]1(C)[C@@H]23. The van der Waals surface area contributed by atoms with E-state index in [1.54, 1.807) is 12.3 Å². The molecule has 0 bridgehead atoms. The van der Waals surface area contributed by atoms with E-state index in [9.17, 15) is 14.4 Å². The highest BCUT2D eigenvalue weighted by atomic mass is 16.6. The molecule has 1 aromatic rings. The Labute approximate surface area is 203 Å². The van der Waals surface area contributed by atoms with Crippen molar-refractivity contribution in [2.24, 2.45) is 28.1 Å². The number of allylic oxidation sites excluding steroid dienone is 2. The van der Waals surface area contributed by atoms with Crippen LogP contribution in [0.4, 0.5) is 5.88 Å². The number of carbonyl (C=O) groups excluding carboxylic acids is 3. The average Bonchev–Trinajstić information content (AvgIpc) is 3.52. The quantitative estimate of drug-likeness (QED) is 0.516. The molecule has 0 radical (unpaired) electrons. The van der Waals surface area contributed by atoms with Crippen molar-refractivity contribution in [2.45, 2.75) is 64.8 Å². The van der Waals surface area contributed by atoms with Crippen LogP contribution in [0.5, 0.6) is 0 Å². The fourth-order valence-electron chi connectivity index (χ4n) is 8.53. The molecular formula is C27H31NO7. The van der Waals surface area contributed by atoms with Crippen molar-refractivity contribution in [1.82, 2.24) is 0 Å². The highest BCUT2D eigenvalue weighted by molar-refractivity contribution is 6.00.